The van der Waals surface area contributed by atoms with Gasteiger partial charge in [-0.05, 0) is 78.7 Å². The smallest absolute Gasteiger partial charge is 0.0991 e. The van der Waals surface area contributed by atoms with Gasteiger partial charge in [0.05, 0.1) is 23.3 Å². The van der Waals surface area contributed by atoms with Gasteiger partial charge in [0.25, 0.3) is 0 Å². The molecular formula is C26H16N2. The lowest BCUT2D eigenvalue weighted by atomic mass is 10.0. The lowest BCUT2D eigenvalue weighted by molar-refractivity contribution is 1.13. The molecule has 2 nitrogen and oxygen atoms in total. The molecule has 2 heteroatoms. The summed E-state index contributed by atoms with van der Waals surface area (Å²) in [6, 6.07) is 24.7. The van der Waals surface area contributed by atoms with Crippen LogP contribution in [-0.2, 0) is 6.42 Å². The molecule has 0 bridgehead atoms. The van der Waals surface area contributed by atoms with Crippen LogP contribution in [0.25, 0.3) is 0 Å². The minimum Gasteiger partial charge on any atom is -0.192 e. The van der Waals surface area contributed by atoms with E-state index in [1.165, 1.54) is 0 Å². The maximum atomic E-state index is 8.86. The van der Waals surface area contributed by atoms with E-state index in [1.54, 1.807) is 24.3 Å². The van der Waals surface area contributed by atoms with Gasteiger partial charge in [0.15, 0.2) is 0 Å². The van der Waals surface area contributed by atoms with Crippen LogP contribution < -0.4 is 0 Å². The van der Waals surface area contributed by atoms with Gasteiger partial charge in [-0.15, -0.1) is 0 Å². The van der Waals surface area contributed by atoms with Crippen LogP contribution in [0.4, 0.5) is 0 Å². The largest absolute Gasteiger partial charge is 0.192 e. The lowest BCUT2D eigenvalue weighted by Gasteiger charge is -2.02. The second-order valence-electron chi connectivity index (χ2n) is 6.10. The molecule has 0 fully saturated rings. The minimum atomic E-state index is 0.629. The topological polar surface area (TPSA) is 47.6 Å². The van der Waals surface area contributed by atoms with Gasteiger partial charge in [0, 0.05) is 22.3 Å². The zero-order valence-electron chi connectivity index (χ0n) is 15.5. The number of hydrogen-bond acceptors (Lipinski definition) is 2. The van der Waals surface area contributed by atoms with Gasteiger partial charge in [-0.25, -0.2) is 0 Å². The molecule has 0 aliphatic rings. The molecule has 0 spiro atoms. The van der Waals surface area contributed by atoms with Crippen LogP contribution in [-0.4, -0.2) is 0 Å². The standard InChI is InChI=1S/C26H16N2/c1-2-25-17-22(8-3-20-4-9-23(18-27)10-5-20)14-16-26(25)15-13-21-6-11-24(19-28)12-7-21/h4-7,9-12,14,16-17H,2H2,1H3. The van der Waals surface area contributed by atoms with Gasteiger partial charge in [-0.1, -0.05) is 30.6 Å². The molecule has 0 radical (unpaired) electrons. The number of rotatable bonds is 1. The Labute approximate surface area is 165 Å². The zero-order valence-corrected chi connectivity index (χ0v) is 15.5. The van der Waals surface area contributed by atoms with Crippen molar-refractivity contribution in [2.24, 2.45) is 0 Å². The van der Waals surface area contributed by atoms with Crippen molar-refractivity contribution in [1.82, 2.24) is 0 Å². The third-order valence-electron chi connectivity index (χ3n) is 4.21. The van der Waals surface area contributed by atoms with Gasteiger partial charge in [-0.3, -0.25) is 0 Å². The van der Waals surface area contributed by atoms with Crippen molar-refractivity contribution in [1.29, 1.82) is 10.5 Å². The fraction of sp³-hybridized carbons (Fsp3) is 0.0769. The third kappa shape index (κ3) is 4.68. The van der Waals surface area contributed by atoms with Crippen molar-refractivity contribution in [3.8, 4) is 35.8 Å². The summed E-state index contributed by atoms with van der Waals surface area (Å²) in [7, 11) is 0. The monoisotopic (exact) mass is 356 g/mol. The Bertz CT molecular complexity index is 1190. The highest BCUT2D eigenvalue weighted by molar-refractivity contribution is 5.52. The molecule has 0 atom stereocenters. The van der Waals surface area contributed by atoms with Crippen molar-refractivity contribution in [2.45, 2.75) is 13.3 Å². The molecule has 3 rings (SSSR count). The molecule has 130 valence electrons. The summed E-state index contributed by atoms with van der Waals surface area (Å²) in [6.07, 6.45) is 0.865. The molecule has 0 aliphatic heterocycles. The Kier molecular flexibility index (Phi) is 5.91. The quantitative estimate of drug-likeness (QED) is 0.589. The Hall–Kier alpha value is -4.24. The third-order valence-corrected chi connectivity index (χ3v) is 4.21. The molecule has 28 heavy (non-hydrogen) atoms. The van der Waals surface area contributed by atoms with E-state index >= 15 is 0 Å². The second kappa shape index (κ2) is 8.92. The normalized spacial score (nSPS) is 9.11. The van der Waals surface area contributed by atoms with E-state index in [4.69, 9.17) is 10.5 Å². The van der Waals surface area contributed by atoms with Crippen LogP contribution in [0, 0.1) is 46.3 Å². The Morgan fingerprint density at radius 2 is 1.00 bits per heavy atom. The Balaban J connectivity index is 1.83. The van der Waals surface area contributed by atoms with Crippen molar-refractivity contribution < 1.29 is 0 Å². The summed E-state index contributed by atoms with van der Waals surface area (Å²) < 4.78 is 0. The van der Waals surface area contributed by atoms with Gasteiger partial charge in [-0.2, -0.15) is 10.5 Å². The maximum Gasteiger partial charge on any atom is 0.0991 e. The van der Waals surface area contributed by atoms with Crippen LogP contribution in [0.5, 0.6) is 0 Å². The summed E-state index contributed by atoms with van der Waals surface area (Å²) in [5.41, 5.74) is 6.08. The predicted molar refractivity (Wildman–Crippen MR) is 110 cm³/mol. The van der Waals surface area contributed by atoms with E-state index in [-0.39, 0.29) is 0 Å². The molecule has 3 aromatic rings. The maximum absolute atomic E-state index is 8.86. The SMILES string of the molecule is CCc1cc(C#Cc2ccc(C#N)cc2)ccc1C#Cc1ccc(C#N)cc1. The fourth-order valence-electron chi connectivity index (χ4n) is 2.63. The number of hydrogen-bond donors (Lipinski definition) is 0. The molecule has 0 saturated heterocycles. The summed E-state index contributed by atoms with van der Waals surface area (Å²) in [6.45, 7) is 2.10. The van der Waals surface area contributed by atoms with E-state index in [0.717, 1.165) is 34.2 Å². The molecule has 0 saturated carbocycles. The number of nitriles is 2. The molecular weight excluding hydrogens is 340 g/mol. The number of benzene rings is 3. The van der Waals surface area contributed by atoms with Crippen molar-refractivity contribution in [2.75, 3.05) is 0 Å². The van der Waals surface area contributed by atoms with Gasteiger partial charge >= 0.3 is 0 Å². The van der Waals surface area contributed by atoms with Gasteiger partial charge in [0.1, 0.15) is 0 Å². The first-order valence-corrected chi connectivity index (χ1v) is 8.89. The van der Waals surface area contributed by atoms with E-state index in [2.05, 4.69) is 48.8 Å². The van der Waals surface area contributed by atoms with E-state index < -0.39 is 0 Å². The number of nitrogens with zero attached hydrogens (tertiary/aromatic N) is 2. The first kappa shape index (κ1) is 18.5. The van der Waals surface area contributed by atoms with E-state index in [9.17, 15) is 0 Å². The Morgan fingerprint density at radius 3 is 1.50 bits per heavy atom. The zero-order chi connectivity index (χ0) is 19.8. The average Bonchev–Trinajstić information content (AvgIpc) is 2.77. The first-order valence-electron chi connectivity index (χ1n) is 8.89. The Morgan fingerprint density at radius 1 is 0.571 bits per heavy atom. The molecule has 0 aromatic heterocycles. The first-order chi connectivity index (χ1) is 13.7. The molecule has 0 amide bonds. The fourth-order valence-corrected chi connectivity index (χ4v) is 2.63. The summed E-state index contributed by atoms with van der Waals surface area (Å²) in [4.78, 5) is 0. The molecule has 0 aliphatic carbocycles. The van der Waals surface area contributed by atoms with Crippen molar-refractivity contribution in [3.63, 3.8) is 0 Å². The van der Waals surface area contributed by atoms with Crippen LogP contribution in [0.1, 0.15) is 45.9 Å². The summed E-state index contributed by atoms with van der Waals surface area (Å²) >= 11 is 0. The summed E-state index contributed by atoms with van der Waals surface area (Å²) in [5.74, 6) is 12.7. The van der Waals surface area contributed by atoms with E-state index in [1.807, 2.05) is 36.4 Å². The van der Waals surface area contributed by atoms with Crippen molar-refractivity contribution >= 4 is 0 Å². The average molecular weight is 356 g/mol. The van der Waals surface area contributed by atoms with Gasteiger partial charge in [0.2, 0.25) is 0 Å². The molecule has 3 aromatic carbocycles. The highest BCUT2D eigenvalue weighted by Gasteiger charge is 1.99. The summed E-state index contributed by atoms with van der Waals surface area (Å²) in [5, 5.41) is 17.7. The van der Waals surface area contributed by atoms with Crippen LogP contribution in [0.3, 0.4) is 0 Å². The highest BCUT2D eigenvalue weighted by atomic mass is 14.2. The van der Waals surface area contributed by atoms with Crippen LogP contribution >= 0.6 is 0 Å². The molecule has 0 N–H and O–H groups in total. The highest BCUT2D eigenvalue weighted by Crippen LogP contribution is 2.13. The predicted octanol–water partition coefficient (Wildman–Crippen LogP) is 4.79. The lowest BCUT2D eigenvalue weighted by Crippen LogP contribution is -1.89. The van der Waals surface area contributed by atoms with Crippen LogP contribution in [0.15, 0.2) is 66.7 Å². The second-order valence-corrected chi connectivity index (χ2v) is 6.10. The van der Waals surface area contributed by atoms with Gasteiger partial charge < -0.3 is 0 Å². The molecule has 0 unspecified atom stereocenters. The van der Waals surface area contributed by atoms with E-state index in [0.29, 0.717) is 11.1 Å². The molecule has 0 heterocycles. The van der Waals surface area contributed by atoms with Crippen LogP contribution in [0.2, 0.25) is 0 Å². The number of aryl methyl sites for hydroxylation is 1. The van der Waals surface area contributed by atoms with Crippen molar-refractivity contribution in [3.05, 3.63) is 106 Å². The minimum absolute atomic E-state index is 0.629.